The molecule has 0 radical (unpaired) electrons. The van der Waals surface area contributed by atoms with E-state index < -0.39 is 6.10 Å². The molecule has 0 saturated carbocycles. The van der Waals surface area contributed by atoms with Crippen LogP contribution in [0.2, 0.25) is 0 Å². The zero-order valence-corrected chi connectivity index (χ0v) is 12.3. The fourth-order valence-corrected chi connectivity index (χ4v) is 2.56. The van der Waals surface area contributed by atoms with Gasteiger partial charge in [-0.2, -0.15) is 0 Å². The lowest BCUT2D eigenvalue weighted by molar-refractivity contribution is -0.126. The van der Waals surface area contributed by atoms with Crippen molar-refractivity contribution in [1.29, 1.82) is 0 Å². The highest BCUT2D eigenvalue weighted by Crippen LogP contribution is 2.37. The van der Waals surface area contributed by atoms with Gasteiger partial charge in [-0.25, -0.2) is 4.39 Å². The summed E-state index contributed by atoms with van der Waals surface area (Å²) in [5.74, 6) is 0.0673. The van der Waals surface area contributed by atoms with Crippen LogP contribution in [0.1, 0.15) is 18.9 Å². The van der Waals surface area contributed by atoms with Gasteiger partial charge in [-0.15, -0.1) is 0 Å². The highest BCUT2D eigenvalue weighted by atomic mass is 19.1. The Bertz CT molecular complexity index is 718. The van der Waals surface area contributed by atoms with Crippen LogP contribution >= 0.6 is 0 Å². The van der Waals surface area contributed by atoms with Crippen molar-refractivity contribution in [2.45, 2.75) is 26.0 Å². The fraction of sp³-hybridized carbons (Fsp3) is 0.235. The molecule has 2 aromatic carbocycles. The van der Waals surface area contributed by atoms with E-state index in [-0.39, 0.29) is 18.3 Å². The number of nitrogens with two attached hydrogens (primary N) is 1. The first-order valence-corrected chi connectivity index (χ1v) is 7.21. The number of nitrogens with zero attached hydrogens (tertiary/aromatic N) is 1. The molecule has 2 N–H and O–H groups in total. The van der Waals surface area contributed by atoms with Gasteiger partial charge in [0.15, 0.2) is 6.10 Å². The van der Waals surface area contributed by atoms with Gasteiger partial charge < -0.3 is 15.4 Å². The Kier molecular flexibility index (Phi) is 3.71. The number of hydrogen-bond acceptors (Lipinski definition) is 3. The van der Waals surface area contributed by atoms with E-state index in [0.29, 0.717) is 29.1 Å². The number of rotatable bonds is 3. The molecule has 1 aliphatic heterocycles. The van der Waals surface area contributed by atoms with Crippen LogP contribution in [0.3, 0.4) is 0 Å². The number of carbonyl (C=O) groups is 1. The lowest BCUT2D eigenvalue weighted by Gasteiger charge is -2.34. The van der Waals surface area contributed by atoms with Gasteiger partial charge in [0.25, 0.3) is 5.91 Å². The van der Waals surface area contributed by atoms with Gasteiger partial charge in [-0.05, 0) is 24.6 Å². The number of benzene rings is 2. The van der Waals surface area contributed by atoms with Gasteiger partial charge in [0, 0.05) is 17.3 Å². The molecule has 2 aromatic rings. The van der Waals surface area contributed by atoms with Gasteiger partial charge in [-0.3, -0.25) is 4.79 Å². The molecule has 0 aliphatic carbocycles. The van der Waals surface area contributed by atoms with Crippen LogP contribution in [0.5, 0.6) is 5.75 Å². The standard InChI is InChI=1S/C17H17FN2O2/c1-2-15-17(21)20(10-11-5-3-4-6-13(11)18)14-8-7-12(19)9-16(14)22-15/h3-9,15H,2,10,19H2,1H3/t15-/m1/s1. The molecule has 0 saturated heterocycles. The molecule has 1 atom stereocenters. The van der Waals surface area contributed by atoms with Crippen molar-refractivity contribution in [1.82, 2.24) is 0 Å². The SMILES string of the molecule is CC[C@H]1Oc2cc(N)ccc2N(Cc2ccccc2F)C1=O. The Balaban J connectivity index is 2.01. The van der Waals surface area contributed by atoms with Crippen LogP contribution in [-0.2, 0) is 11.3 Å². The van der Waals surface area contributed by atoms with Crippen LogP contribution in [-0.4, -0.2) is 12.0 Å². The van der Waals surface area contributed by atoms with E-state index in [0.717, 1.165) is 0 Å². The molecular formula is C17H17FN2O2. The van der Waals surface area contributed by atoms with E-state index >= 15 is 0 Å². The van der Waals surface area contributed by atoms with Crippen molar-refractivity contribution in [3.05, 3.63) is 53.8 Å². The van der Waals surface area contributed by atoms with E-state index in [1.165, 1.54) is 6.07 Å². The molecule has 0 unspecified atom stereocenters. The maximum Gasteiger partial charge on any atom is 0.268 e. The van der Waals surface area contributed by atoms with Crippen molar-refractivity contribution >= 4 is 17.3 Å². The summed E-state index contributed by atoms with van der Waals surface area (Å²) in [6.45, 7) is 2.05. The normalized spacial score (nSPS) is 17.1. The van der Waals surface area contributed by atoms with E-state index in [4.69, 9.17) is 10.5 Å². The Labute approximate surface area is 128 Å². The third-order valence-corrected chi connectivity index (χ3v) is 3.74. The molecule has 22 heavy (non-hydrogen) atoms. The van der Waals surface area contributed by atoms with E-state index in [1.807, 2.05) is 6.92 Å². The summed E-state index contributed by atoms with van der Waals surface area (Å²) in [6.07, 6.45) is -0.0259. The number of hydrogen-bond donors (Lipinski definition) is 1. The van der Waals surface area contributed by atoms with Crippen LogP contribution < -0.4 is 15.4 Å². The molecule has 1 aliphatic rings. The summed E-state index contributed by atoms with van der Waals surface area (Å²) in [6, 6.07) is 11.6. The van der Waals surface area contributed by atoms with E-state index in [9.17, 15) is 9.18 Å². The average Bonchev–Trinajstić information content (AvgIpc) is 2.51. The second kappa shape index (κ2) is 5.67. The molecule has 1 heterocycles. The van der Waals surface area contributed by atoms with Gasteiger partial charge >= 0.3 is 0 Å². The first-order chi connectivity index (χ1) is 10.6. The Morgan fingerprint density at radius 2 is 2.05 bits per heavy atom. The highest BCUT2D eigenvalue weighted by Gasteiger charge is 2.33. The fourth-order valence-electron chi connectivity index (χ4n) is 2.56. The minimum Gasteiger partial charge on any atom is -0.478 e. The summed E-state index contributed by atoms with van der Waals surface area (Å²) in [7, 11) is 0. The maximum absolute atomic E-state index is 13.9. The van der Waals surface area contributed by atoms with Crippen LogP contribution in [0.15, 0.2) is 42.5 Å². The number of halogens is 1. The third-order valence-electron chi connectivity index (χ3n) is 3.74. The van der Waals surface area contributed by atoms with Crippen LogP contribution in [0.4, 0.5) is 15.8 Å². The van der Waals surface area contributed by atoms with Gasteiger partial charge in [0.1, 0.15) is 11.6 Å². The number of anilines is 2. The third kappa shape index (κ3) is 2.50. The summed E-state index contributed by atoms with van der Waals surface area (Å²) >= 11 is 0. The predicted molar refractivity (Wildman–Crippen MR) is 83.2 cm³/mol. The van der Waals surface area contributed by atoms with Crippen molar-refractivity contribution in [3.8, 4) is 5.75 Å². The Hall–Kier alpha value is -2.56. The number of amides is 1. The molecule has 0 fully saturated rings. The monoisotopic (exact) mass is 300 g/mol. The maximum atomic E-state index is 13.9. The van der Waals surface area contributed by atoms with Crippen molar-refractivity contribution in [3.63, 3.8) is 0 Å². The topological polar surface area (TPSA) is 55.6 Å². The molecule has 0 bridgehead atoms. The zero-order chi connectivity index (χ0) is 15.7. The summed E-state index contributed by atoms with van der Waals surface area (Å²) in [5, 5.41) is 0. The largest absolute Gasteiger partial charge is 0.478 e. The van der Waals surface area contributed by atoms with Crippen LogP contribution in [0, 0.1) is 5.82 Å². The quantitative estimate of drug-likeness (QED) is 0.886. The van der Waals surface area contributed by atoms with Gasteiger partial charge in [-0.1, -0.05) is 25.1 Å². The Morgan fingerprint density at radius 1 is 1.27 bits per heavy atom. The molecular weight excluding hydrogens is 283 g/mol. The molecule has 1 amide bonds. The first kappa shape index (κ1) is 14.4. The minimum absolute atomic E-state index is 0.164. The average molecular weight is 300 g/mol. The zero-order valence-electron chi connectivity index (χ0n) is 12.3. The van der Waals surface area contributed by atoms with E-state index in [1.54, 1.807) is 41.3 Å². The predicted octanol–water partition coefficient (Wildman–Crippen LogP) is 3.11. The molecule has 0 aromatic heterocycles. The van der Waals surface area contributed by atoms with Gasteiger partial charge in [0.2, 0.25) is 0 Å². The summed E-state index contributed by atoms with van der Waals surface area (Å²) in [5.41, 5.74) is 7.43. The van der Waals surface area contributed by atoms with Gasteiger partial charge in [0.05, 0.1) is 12.2 Å². The summed E-state index contributed by atoms with van der Waals surface area (Å²) in [4.78, 5) is 14.1. The van der Waals surface area contributed by atoms with Crippen LogP contribution in [0.25, 0.3) is 0 Å². The van der Waals surface area contributed by atoms with E-state index in [2.05, 4.69) is 0 Å². The second-order valence-electron chi connectivity index (χ2n) is 5.26. The number of carbonyl (C=O) groups excluding carboxylic acids is 1. The lowest BCUT2D eigenvalue weighted by Crippen LogP contribution is -2.45. The Morgan fingerprint density at radius 3 is 2.77 bits per heavy atom. The molecule has 0 spiro atoms. The summed E-state index contributed by atoms with van der Waals surface area (Å²) < 4.78 is 19.6. The minimum atomic E-state index is -0.568. The number of fused-ring (bicyclic) bond motifs is 1. The number of nitrogen functional groups attached to an aromatic ring is 1. The molecule has 114 valence electrons. The molecule has 3 rings (SSSR count). The first-order valence-electron chi connectivity index (χ1n) is 7.21. The number of ether oxygens (including phenoxy) is 1. The smallest absolute Gasteiger partial charge is 0.268 e. The van der Waals surface area contributed by atoms with Crippen molar-refractivity contribution in [2.24, 2.45) is 0 Å². The van der Waals surface area contributed by atoms with Crippen molar-refractivity contribution < 1.29 is 13.9 Å². The molecule has 5 heteroatoms. The second-order valence-corrected chi connectivity index (χ2v) is 5.26. The lowest BCUT2D eigenvalue weighted by atomic mass is 10.1. The highest BCUT2D eigenvalue weighted by molar-refractivity contribution is 6.00. The molecule has 4 nitrogen and oxygen atoms in total. The van der Waals surface area contributed by atoms with Crippen molar-refractivity contribution in [2.75, 3.05) is 10.6 Å².